The van der Waals surface area contributed by atoms with Crippen LogP contribution in [-0.2, 0) is 0 Å². The maximum atomic E-state index is 10.7. The zero-order valence-corrected chi connectivity index (χ0v) is 6.39. The SMILES string of the molecule is C=C1CN(C)C(=O)[Se]1. The molecule has 0 unspecified atom stereocenters. The minimum absolute atomic E-state index is 0.0503. The number of hydrogen-bond donors (Lipinski definition) is 0. The van der Waals surface area contributed by atoms with Gasteiger partial charge in [0.05, 0.1) is 0 Å². The molecule has 0 aliphatic carbocycles. The molecular weight excluding hydrogens is 169 g/mol. The van der Waals surface area contributed by atoms with Gasteiger partial charge in [-0.1, -0.05) is 0 Å². The molecule has 0 aromatic rings. The van der Waals surface area contributed by atoms with Crippen molar-refractivity contribution in [2.75, 3.05) is 13.6 Å². The zero-order chi connectivity index (χ0) is 6.15. The van der Waals surface area contributed by atoms with Crippen molar-refractivity contribution in [1.29, 1.82) is 0 Å². The molecule has 0 aromatic carbocycles. The molecule has 1 heterocycles. The van der Waals surface area contributed by atoms with Gasteiger partial charge in [-0.25, -0.2) is 0 Å². The Morgan fingerprint density at radius 3 is 2.62 bits per heavy atom. The Bertz CT molecular complexity index is 143. The molecule has 1 rings (SSSR count). The van der Waals surface area contributed by atoms with Crippen LogP contribution < -0.4 is 0 Å². The van der Waals surface area contributed by atoms with Gasteiger partial charge in [-0.15, -0.1) is 0 Å². The third-order valence-corrected chi connectivity index (χ3v) is 2.85. The van der Waals surface area contributed by atoms with Crippen LogP contribution in [0.15, 0.2) is 11.1 Å². The van der Waals surface area contributed by atoms with Crippen molar-refractivity contribution < 1.29 is 4.79 Å². The standard InChI is InChI=1S/C5H7NOSe/c1-4-3-6(2)5(7)8-4/h1,3H2,2H3. The van der Waals surface area contributed by atoms with Gasteiger partial charge < -0.3 is 0 Å². The van der Waals surface area contributed by atoms with Crippen molar-refractivity contribution in [1.82, 2.24) is 4.90 Å². The molecule has 2 nitrogen and oxygen atoms in total. The monoisotopic (exact) mass is 177 g/mol. The molecule has 0 spiro atoms. The van der Waals surface area contributed by atoms with Crippen LogP contribution in [0.3, 0.4) is 0 Å². The average Bonchev–Trinajstić information content (AvgIpc) is 1.85. The van der Waals surface area contributed by atoms with Crippen LogP contribution in [0.2, 0.25) is 0 Å². The Balaban J connectivity index is 2.64. The quantitative estimate of drug-likeness (QED) is 0.485. The van der Waals surface area contributed by atoms with Crippen LogP contribution in [0.1, 0.15) is 0 Å². The van der Waals surface area contributed by atoms with E-state index in [1.54, 1.807) is 4.90 Å². The number of nitrogens with zero attached hydrogens (tertiary/aromatic N) is 1. The van der Waals surface area contributed by atoms with Crippen LogP contribution in [-0.4, -0.2) is 38.3 Å². The Morgan fingerprint density at radius 2 is 2.50 bits per heavy atom. The third kappa shape index (κ3) is 0.932. The number of carbonyl (C=O) groups excluding carboxylic acids is 1. The molecule has 1 saturated heterocycles. The van der Waals surface area contributed by atoms with Gasteiger partial charge in [-0.05, 0) is 0 Å². The molecule has 44 valence electrons. The predicted octanol–water partition coefficient (Wildman–Crippen LogP) is 0.270. The molecule has 1 amide bonds. The second-order valence-electron chi connectivity index (χ2n) is 1.76. The van der Waals surface area contributed by atoms with E-state index in [2.05, 4.69) is 6.58 Å². The fourth-order valence-electron chi connectivity index (χ4n) is 0.563. The van der Waals surface area contributed by atoms with Crippen LogP contribution in [0.5, 0.6) is 0 Å². The van der Waals surface area contributed by atoms with Crippen molar-refractivity contribution in [2.45, 2.75) is 0 Å². The summed E-state index contributed by atoms with van der Waals surface area (Å²) in [6.07, 6.45) is 0. The van der Waals surface area contributed by atoms with Crippen molar-refractivity contribution in [2.24, 2.45) is 0 Å². The Kier molecular flexibility index (Phi) is 1.41. The molecule has 3 heteroatoms. The van der Waals surface area contributed by atoms with Gasteiger partial charge in [0.25, 0.3) is 0 Å². The molecule has 8 heavy (non-hydrogen) atoms. The number of amides is 1. The van der Waals surface area contributed by atoms with E-state index in [1.807, 2.05) is 7.05 Å². The molecule has 1 aliphatic heterocycles. The van der Waals surface area contributed by atoms with E-state index in [0.717, 1.165) is 11.0 Å². The maximum absolute atomic E-state index is 10.7. The molecule has 0 aromatic heterocycles. The molecule has 0 atom stereocenters. The van der Waals surface area contributed by atoms with Crippen LogP contribution in [0.25, 0.3) is 0 Å². The van der Waals surface area contributed by atoms with Gasteiger partial charge >= 0.3 is 54.1 Å². The molecule has 0 saturated carbocycles. The Morgan fingerprint density at radius 1 is 1.88 bits per heavy atom. The first-order valence-corrected chi connectivity index (χ1v) is 4.02. The van der Waals surface area contributed by atoms with Crippen molar-refractivity contribution >= 4 is 19.8 Å². The third-order valence-electron chi connectivity index (χ3n) is 0.957. The van der Waals surface area contributed by atoms with Gasteiger partial charge in [0.1, 0.15) is 0 Å². The first kappa shape index (κ1) is 5.86. The number of hydrogen-bond acceptors (Lipinski definition) is 1. The van der Waals surface area contributed by atoms with Crippen molar-refractivity contribution in [3.8, 4) is 0 Å². The van der Waals surface area contributed by atoms with E-state index >= 15 is 0 Å². The molecule has 1 fully saturated rings. The molecule has 1 aliphatic rings. The Labute approximate surface area is 54.7 Å². The Hall–Kier alpha value is -0.271. The fourth-order valence-corrected chi connectivity index (χ4v) is 2.08. The summed E-state index contributed by atoms with van der Waals surface area (Å²) in [5.74, 6) is 0. The molecule has 0 bridgehead atoms. The zero-order valence-electron chi connectivity index (χ0n) is 4.68. The second kappa shape index (κ2) is 1.92. The van der Waals surface area contributed by atoms with E-state index in [9.17, 15) is 4.79 Å². The summed E-state index contributed by atoms with van der Waals surface area (Å²) >= 11 is 0.0503. The normalized spacial score (nSPS) is 20.4. The predicted molar refractivity (Wildman–Crippen MR) is 32.9 cm³/mol. The second-order valence-corrected chi connectivity index (χ2v) is 4.14. The van der Waals surface area contributed by atoms with Gasteiger partial charge in [-0.3, -0.25) is 0 Å². The summed E-state index contributed by atoms with van der Waals surface area (Å²) in [5, 5.41) is 0. The van der Waals surface area contributed by atoms with Gasteiger partial charge in [-0.2, -0.15) is 0 Å². The van der Waals surface area contributed by atoms with E-state index in [4.69, 9.17) is 0 Å². The van der Waals surface area contributed by atoms with Crippen LogP contribution >= 0.6 is 0 Å². The van der Waals surface area contributed by atoms with E-state index in [-0.39, 0.29) is 19.8 Å². The number of rotatable bonds is 0. The molecule has 0 radical (unpaired) electrons. The summed E-state index contributed by atoms with van der Waals surface area (Å²) in [7, 11) is 1.81. The first-order chi connectivity index (χ1) is 3.70. The molecule has 0 N–H and O–H groups in total. The van der Waals surface area contributed by atoms with Gasteiger partial charge in [0.15, 0.2) is 0 Å². The summed E-state index contributed by atoms with van der Waals surface area (Å²) < 4.78 is 1.09. The minimum atomic E-state index is 0.0503. The van der Waals surface area contributed by atoms with Gasteiger partial charge in [0, 0.05) is 0 Å². The summed E-state index contributed by atoms with van der Waals surface area (Å²) in [4.78, 5) is 12.6. The van der Waals surface area contributed by atoms with E-state index in [0.29, 0.717) is 0 Å². The summed E-state index contributed by atoms with van der Waals surface area (Å²) in [6.45, 7) is 4.50. The van der Waals surface area contributed by atoms with E-state index < -0.39 is 0 Å². The summed E-state index contributed by atoms with van der Waals surface area (Å²) in [5.41, 5.74) is 0. The first-order valence-electron chi connectivity index (χ1n) is 2.31. The van der Waals surface area contributed by atoms with E-state index in [1.165, 1.54) is 0 Å². The van der Waals surface area contributed by atoms with Gasteiger partial charge in [0.2, 0.25) is 0 Å². The number of carbonyl (C=O) groups is 1. The van der Waals surface area contributed by atoms with Crippen molar-refractivity contribution in [3.63, 3.8) is 0 Å². The van der Waals surface area contributed by atoms with Crippen LogP contribution in [0, 0.1) is 0 Å². The topological polar surface area (TPSA) is 20.3 Å². The van der Waals surface area contributed by atoms with Crippen LogP contribution in [0.4, 0.5) is 4.79 Å². The fraction of sp³-hybridized carbons (Fsp3) is 0.400. The summed E-state index contributed by atoms with van der Waals surface area (Å²) in [6, 6.07) is 0. The number of likely N-dealkylation sites (N-methyl/N-ethyl adjacent to an activating group) is 1. The van der Waals surface area contributed by atoms with Crippen molar-refractivity contribution in [3.05, 3.63) is 11.1 Å². The average molecular weight is 176 g/mol. The molecular formula is C5H7NOSe.